The third-order valence-electron chi connectivity index (χ3n) is 13.0. The molecule has 4 aromatic rings. The molecule has 0 radical (unpaired) electrons. The average molecular weight is 798 g/mol. The highest BCUT2D eigenvalue weighted by atomic mass is 32.2. The number of hydrogen-bond donors (Lipinski definition) is 5. The number of benzene rings is 3. The number of piperazine rings is 1. The van der Waals surface area contributed by atoms with Gasteiger partial charge in [0.15, 0.2) is 28.5 Å². The second-order valence-corrected chi connectivity index (χ2v) is 17.5. The number of aromatic nitrogens is 1. The molecule has 8 aliphatic heterocycles. The number of carbonyl (C=O) groups is 2. The zero-order valence-electron chi connectivity index (χ0n) is 32.8. The fraction of sp³-hybridized carbons (Fsp3) is 0.476. The minimum absolute atomic E-state index is 0.0326. The molecule has 14 nitrogen and oxygen atoms in total. The van der Waals surface area contributed by atoms with Crippen LogP contribution in [0, 0.1) is 13.8 Å². The molecule has 3 aromatic carbocycles. The van der Waals surface area contributed by atoms with Crippen molar-refractivity contribution in [2.75, 3.05) is 53.4 Å². The zero-order valence-corrected chi connectivity index (χ0v) is 33.6. The Morgan fingerprint density at radius 1 is 1.12 bits per heavy atom. The fourth-order valence-corrected chi connectivity index (χ4v) is 12.7. The third-order valence-corrected chi connectivity index (χ3v) is 14.5. The second-order valence-electron chi connectivity index (χ2n) is 16.4. The average Bonchev–Trinajstić information content (AvgIpc) is 3.76. The van der Waals surface area contributed by atoms with Gasteiger partial charge in [-0.2, -0.15) is 0 Å². The van der Waals surface area contributed by atoms with Crippen LogP contribution in [-0.2, 0) is 32.7 Å². The van der Waals surface area contributed by atoms with E-state index in [1.807, 2.05) is 52.2 Å². The van der Waals surface area contributed by atoms with Crippen molar-refractivity contribution in [3.05, 3.63) is 75.0 Å². The first-order valence-corrected chi connectivity index (χ1v) is 20.5. The lowest BCUT2D eigenvalue weighted by molar-refractivity contribution is -0.215. The van der Waals surface area contributed by atoms with Gasteiger partial charge in [-0.15, -0.1) is 11.8 Å². The lowest BCUT2D eigenvalue weighted by Crippen LogP contribution is -2.70. The van der Waals surface area contributed by atoms with E-state index in [1.165, 1.54) is 6.92 Å². The molecule has 1 spiro atoms. The number of esters is 2. The predicted octanol–water partition coefficient (Wildman–Crippen LogP) is 3.77. The van der Waals surface area contributed by atoms with Crippen molar-refractivity contribution in [2.45, 2.75) is 74.3 Å². The van der Waals surface area contributed by atoms with E-state index in [2.05, 4.69) is 31.5 Å². The smallest absolute Gasteiger partial charge is 0.333 e. The summed E-state index contributed by atoms with van der Waals surface area (Å²) in [5, 5.41) is 32.9. The molecular formula is C42H47N5O9S. The van der Waals surface area contributed by atoms with Gasteiger partial charge in [0.05, 0.1) is 30.1 Å². The van der Waals surface area contributed by atoms with Gasteiger partial charge < -0.3 is 44.2 Å². The van der Waals surface area contributed by atoms with Gasteiger partial charge in [-0.05, 0) is 57.1 Å². The lowest BCUT2D eigenvalue weighted by Gasteiger charge is -2.60. The van der Waals surface area contributed by atoms with Gasteiger partial charge in [0, 0.05) is 77.4 Å². The maximum atomic E-state index is 15.1. The normalized spacial score (nSPS) is 31.0. The van der Waals surface area contributed by atoms with Gasteiger partial charge in [-0.25, -0.2) is 4.79 Å². The van der Waals surface area contributed by atoms with Crippen molar-refractivity contribution in [3.63, 3.8) is 0 Å². The number of H-pyrrole nitrogens is 1. The SMILES string of the molecule is CNC[C@H]1Cc2c([nH]c3ccccc23)[C@@]2(CS[C@@H]3c4c(OC(C)=O)c(C)c5c(c4[C@H](COC2=O)N2[C@@H]3[C@@H]3c4c(cc(C)c(OC)c4O)CC2(O)CN3C)OCO5)N1. The number of carbonyl (C=O) groups excluding carboxylic acids is 2. The van der Waals surface area contributed by atoms with Gasteiger partial charge in [-0.1, -0.05) is 24.3 Å². The minimum Gasteiger partial charge on any atom is -0.504 e. The molecule has 8 aliphatic rings. The number of aromatic amines is 1. The number of ether oxygens (including phenoxy) is 5. The second kappa shape index (κ2) is 13.0. The molecule has 300 valence electrons. The van der Waals surface area contributed by atoms with Crippen LogP contribution < -0.4 is 29.6 Å². The molecular weight excluding hydrogens is 751 g/mol. The van der Waals surface area contributed by atoms with E-state index < -0.39 is 46.6 Å². The minimum atomic E-state index is -1.50. The summed E-state index contributed by atoms with van der Waals surface area (Å²) in [6.45, 7) is 5.77. The third kappa shape index (κ3) is 5.08. The van der Waals surface area contributed by atoms with E-state index in [-0.39, 0.29) is 43.9 Å². The molecule has 0 saturated carbocycles. The molecule has 0 amide bonds. The van der Waals surface area contributed by atoms with Crippen LogP contribution in [0.3, 0.4) is 0 Å². The van der Waals surface area contributed by atoms with E-state index in [9.17, 15) is 15.0 Å². The van der Waals surface area contributed by atoms with Crippen molar-refractivity contribution in [3.8, 4) is 28.7 Å². The number of aliphatic hydroxyl groups is 1. The number of aromatic hydroxyl groups is 1. The van der Waals surface area contributed by atoms with E-state index in [1.54, 1.807) is 18.9 Å². The number of thioether (sulfide) groups is 1. The number of fused-ring (bicyclic) bond motifs is 8. The van der Waals surface area contributed by atoms with Crippen LogP contribution in [0.1, 0.15) is 68.9 Å². The molecule has 57 heavy (non-hydrogen) atoms. The van der Waals surface area contributed by atoms with Crippen LogP contribution in [0.5, 0.6) is 28.7 Å². The Bertz CT molecular complexity index is 2390. The van der Waals surface area contributed by atoms with Crippen LogP contribution in [0.25, 0.3) is 10.9 Å². The monoisotopic (exact) mass is 797 g/mol. The number of aryl methyl sites for hydroxylation is 1. The van der Waals surface area contributed by atoms with Crippen molar-refractivity contribution in [2.24, 2.45) is 0 Å². The Labute approximate surface area is 334 Å². The quantitative estimate of drug-likeness (QED) is 0.150. The molecule has 4 bridgehead atoms. The molecule has 2 fully saturated rings. The molecule has 15 heteroatoms. The molecule has 5 N–H and O–H groups in total. The van der Waals surface area contributed by atoms with Crippen molar-refractivity contribution >= 4 is 34.6 Å². The van der Waals surface area contributed by atoms with Crippen molar-refractivity contribution < 1.29 is 43.5 Å². The van der Waals surface area contributed by atoms with Gasteiger partial charge >= 0.3 is 11.9 Å². The molecule has 1 aromatic heterocycles. The number of methoxy groups -OCH3 is 1. The molecule has 12 rings (SSSR count). The standard InChI is InChI=1S/C42H47N5O9S/c1-19-11-22-13-41(51)16-46(5)31(28(22)33(49)34(19)52-6)32-38-30-29(37-36(54-18-55-37)20(2)35(30)56-21(3)48)27(47(32)41)15-53-40(50)42(17-57-38)39-25(12-23(45-42)14-43-4)24-9-7-8-10-26(24)44-39/h7-11,23,27,31-32,38,43-45,49,51H,12-18H2,1-6H3/t23-,27+,31+,32-,38-,41?,42-/m1/s1. The first-order valence-electron chi connectivity index (χ1n) is 19.5. The van der Waals surface area contributed by atoms with Gasteiger partial charge in [0.25, 0.3) is 0 Å². The van der Waals surface area contributed by atoms with E-state index >= 15 is 4.79 Å². The number of hydrogen-bond acceptors (Lipinski definition) is 14. The summed E-state index contributed by atoms with van der Waals surface area (Å²) in [5.74, 6) is 0.996. The number of rotatable bonds is 4. The highest BCUT2D eigenvalue weighted by Gasteiger charge is 2.64. The molecule has 2 unspecified atom stereocenters. The van der Waals surface area contributed by atoms with Crippen molar-refractivity contribution in [1.29, 1.82) is 0 Å². The summed E-state index contributed by atoms with van der Waals surface area (Å²) in [6, 6.07) is 8.20. The molecule has 2 saturated heterocycles. The van der Waals surface area contributed by atoms with Gasteiger partial charge in [0.1, 0.15) is 18.1 Å². The Kier molecular flexibility index (Phi) is 8.39. The first kappa shape index (κ1) is 36.8. The molecule has 9 heterocycles. The largest absolute Gasteiger partial charge is 0.504 e. The summed E-state index contributed by atoms with van der Waals surface area (Å²) >= 11 is 1.54. The number of nitrogens with zero attached hydrogens (tertiary/aromatic N) is 2. The Balaban J connectivity index is 1.25. The number of phenolic OH excluding ortho intramolecular Hbond substituents is 1. The van der Waals surface area contributed by atoms with E-state index in [4.69, 9.17) is 23.7 Å². The maximum Gasteiger partial charge on any atom is 0.333 e. The number of nitrogens with one attached hydrogen (secondary N) is 3. The maximum absolute atomic E-state index is 15.1. The highest BCUT2D eigenvalue weighted by molar-refractivity contribution is 7.99. The Morgan fingerprint density at radius 2 is 1.91 bits per heavy atom. The summed E-state index contributed by atoms with van der Waals surface area (Å²) in [7, 11) is 5.41. The van der Waals surface area contributed by atoms with Crippen molar-refractivity contribution in [1.82, 2.24) is 25.4 Å². The van der Waals surface area contributed by atoms with Crippen LogP contribution in [0.15, 0.2) is 30.3 Å². The van der Waals surface area contributed by atoms with E-state index in [0.717, 1.165) is 38.9 Å². The summed E-state index contributed by atoms with van der Waals surface area (Å²) in [5.41, 5.74) is 4.20. The topological polar surface area (TPSA) is 167 Å². The first-order chi connectivity index (χ1) is 27.4. The zero-order chi connectivity index (χ0) is 39.7. The number of para-hydroxylation sites is 1. The lowest BCUT2D eigenvalue weighted by atomic mass is 9.78. The van der Waals surface area contributed by atoms with Crippen LogP contribution >= 0.6 is 11.8 Å². The Hall–Kier alpha value is -4.51. The van der Waals surface area contributed by atoms with Gasteiger partial charge in [0.2, 0.25) is 6.79 Å². The van der Waals surface area contributed by atoms with Gasteiger partial charge in [-0.3, -0.25) is 19.9 Å². The predicted molar refractivity (Wildman–Crippen MR) is 211 cm³/mol. The fourth-order valence-electron chi connectivity index (χ4n) is 11.1. The number of likely N-dealkylation sites (N-methyl/N-ethyl adjacent to an activating group) is 2. The summed E-state index contributed by atoms with van der Waals surface area (Å²) in [4.78, 5) is 36.0. The highest BCUT2D eigenvalue weighted by Crippen LogP contribution is 2.65. The molecule has 0 aliphatic carbocycles. The van der Waals surface area contributed by atoms with Crippen LogP contribution in [-0.4, -0.2) is 108 Å². The summed E-state index contributed by atoms with van der Waals surface area (Å²) < 4.78 is 30.9. The Morgan fingerprint density at radius 3 is 2.68 bits per heavy atom. The number of phenols is 1. The molecule has 8 atom stereocenters. The summed E-state index contributed by atoms with van der Waals surface area (Å²) in [6.07, 6.45) is 0.884. The van der Waals surface area contributed by atoms with Crippen LogP contribution in [0.4, 0.5) is 0 Å². The van der Waals surface area contributed by atoms with E-state index in [0.29, 0.717) is 52.7 Å². The van der Waals surface area contributed by atoms with Crippen LogP contribution in [0.2, 0.25) is 0 Å².